The Hall–Kier alpha value is -1.75. The summed E-state index contributed by atoms with van der Waals surface area (Å²) in [5.74, 6) is 1.04. The fraction of sp³-hybridized carbons (Fsp3) is 0.650. The van der Waals surface area contributed by atoms with Crippen LogP contribution in [-0.4, -0.2) is 56.7 Å². The lowest BCUT2D eigenvalue weighted by Crippen LogP contribution is -2.50. The maximum absolute atomic E-state index is 12.2. The minimum atomic E-state index is 0.152. The summed E-state index contributed by atoms with van der Waals surface area (Å²) in [6.45, 7) is 8.51. The molecular formula is C20H33N3O2. The number of anilines is 1. The van der Waals surface area contributed by atoms with Gasteiger partial charge in [0.25, 0.3) is 0 Å². The van der Waals surface area contributed by atoms with Crippen molar-refractivity contribution in [2.45, 2.75) is 45.6 Å². The molecule has 1 heterocycles. The minimum Gasteiger partial charge on any atom is -0.497 e. The number of ether oxygens (including phenoxy) is 1. The molecule has 2 rings (SSSR count). The summed E-state index contributed by atoms with van der Waals surface area (Å²) >= 11 is 0. The summed E-state index contributed by atoms with van der Waals surface area (Å²) in [7, 11) is 1.69. The number of amides is 1. The third-order valence-corrected chi connectivity index (χ3v) is 4.81. The number of unbranched alkanes of at least 4 members (excludes halogenated alkanes) is 2. The van der Waals surface area contributed by atoms with Crippen LogP contribution in [-0.2, 0) is 4.79 Å². The molecule has 0 saturated carbocycles. The SMILES string of the molecule is CCCCC[C@@H](C)NC(=O)CN1CCN(c2cccc(OC)c2)CC1. The topological polar surface area (TPSA) is 44.8 Å². The second-order valence-electron chi connectivity index (χ2n) is 6.93. The molecule has 1 amide bonds. The molecule has 140 valence electrons. The lowest BCUT2D eigenvalue weighted by Gasteiger charge is -2.36. The van der Waals surface area contributed by atoms with E-state index >= 15 is 0 Å². The van der Waals surface area contributed by atoms with Crippen LogP contribution in [0.5, 0.6) is 5.75 Å². The van der Waals surface area contributed by atoms with Gasteiger partial charge in [-0.1, -0.05) is 32.3 Å². The molecule has 0 spiro atoms. The van der Waals surface area contributed by atoms with Crippen molar-refractivity contribution in [2.24, 2.45) is 0 Å². The first-order chi connectivity index (χ1) is 12.1. The lowest BCUT2D eigenvalue weighted by atomic mass is 10.1. The third-order valence-electron chi connectivity index (χ3n) is 4.81. The summed E-state index contributed by atoms with van der Waals surface area (Å²) in [6, 6.07) is 8.44. The Labute approximate surface area is 152 Å². The molecule has 0 bridgehead atoms. The van der Waals surface area contributed by atoms with Crippen LogP contribution in [0, 0.1) is 0 Å². The second-order valence-corrected chi connectivity index (χ2v) is 6.93. The van der Waals surface area contributed by atoms with Gasteiger partial charge in [-0.05, 0) is 25.5 Å². The Balaban J connectivity index is 1.71. The normalized spacial score (nSPS) is 16.5. The van der Waals surface area contributed by atoms with E-state index in [0.29, 0.717) is 6.54 Å². The zero-order valence-corrected chi connectivity index (χ0v) is 16.0. The Morgan fingerprint density at radius 3 is 2.68 bits per heavy atom. The summed E-state index contributed by atoms with van der Waals surface area (Å²) < 4.78 is 5.30. The smallest absolute Gasteiger partial charge is 0.234 e. The molecule has 1 fully saturated rings. The van der Waals surface area contributed by atoms with Gasteiger partial charge in [0.15, 0.2) is 0 Å². The number of piperazine rings is 1. The van der Waals surface area contributed by atoms with Gasteiger partial charge in [0, 0.05) is 44.0 Å². The molecule has 1 saturated heterocycles. The van der Waals surface area contributed by atoms with Crippen LogP contribution in [0.3, 0.4) is 0 Å². The highest BCUT2D eigenvalue weighted by Crippen LogP contribution is 2.22. The van der Waals surface area contributed by atoms with Crippen molar-refractivity contribution < 1.29 is 9.53 Å². The molecule has 5 heteroatoms. The number of methoxy groups -OCH3 is 1. The van der Waals surface area contributed by atoms with Crippen molar-refractivity contribution in [3.63, 3.8) is 0 Å². The molecular weight excluding hydrogens is 314 g/mol. The predicted molar refractivity (Wildman–Crippen MR) is 103 cm³/mol. The Kier molecular flexibility index (Phi) is 8.06. The van der Waals surface area contributed by atoms with Gasteiger partial charge >= 0.3 is 0 Å². The fourth-order valence-electron chi connectivity index (χ4n) is 3.27. The number of hydrogen-bond acceptors (Lipinski definition) is 4. The van der Waals surface area contributed by atoms with Gasteiger partial charge < -0.3 is 15.0 Å². The van der Waals surface area contributed by atoms with Crippen LogP contribution in [0.15, 0.2) is 24.3 Å². The molecule has 1 aromatic carbocycles. The number of hydrogen-bond donors (Lipinski definition) is 1. The van der Waals surface area contributed by atoms with Crippen molar-refractivity contribution in [3.8, 4) is 5.75 Å². The molecule has 0 radical (unpaired) electrons. The van der Waals surface area contributed by atoms with Crippen LogP contribution in [0.1, 0.15) is 39.5 Å². The standard InChI is InChI=1S/C20H33N3O2/c1-4-5-6-8-17(2)21-20(24)16-22-11-13-23(14-12-22)18-9-7-10-19(15-18)25-3/h7,9-10,15,17H,4-6,8,11-14,16H2,1-3H3,(H,21,24)/t17-/m1/s1. The number of nitrogens with zero attached hydrogens (tertiary/aromatic N) is 2. The van der Waals surface area contributed by atoms with Gasteiger partial charge in [-0.2, -0.15) is 0 Å². The predicted octanol–water partition coefficient (Wildman–Crippen LogP) is 2.90. The molecule has 0 aliphatic carbocycles. The monoisotopic (exact) mass is 347 g/mol. The van der Waals surface area contributed by atoms with Crippen LogP contribution >= 0.6 is 0 Å². The highest BCUT2D eigenvalue weighted by molar-refractivity contribution is 5.78. The van der Waals surface area contributed by atoms with Gasteiger partial charge in [-0.3, -0.25) is 9.69 Å². The minimum absolute atomic E-state index is 0.152. The van der Waals surface area contributed by atoms with E-state index in [-0.39, 0.29) is 11.9 Å². The Morgan fingerprint density at radius 2 is 2.00 bits per heavy atom. The first kappa shape index (κ1) is 19.6. The summed E-state index contributed by atoms with van der Waals surface area (Å²) in [5.41, 5.74) is 1.19. The molecule has 1 aliphatic rings. The largest absolute Gasteiger partial charge is 0.497 e. The summed E-state index contributed by atoms with van der Waals surface area (Å²) in [6.07, 6.45) is 4.73. The van der Waals surface area contributed by atoms with Crippen molar-refractivity contribution in [2.75, 3.05) is 44.7 Å². The van der Waals surface area contributed by atoms with E-state index in [0.717, 1.165) is 38.3 Å². The second kappa shape index (κ2) is 10.3. The number of carbonyl (C=O) groups excluding carboxylic acids is 1. The first-order valence-electron chi connectivity index (χ1n) is 9.53. The van der Waals surface area contributed by atoms with Gasteiger partial charge in [0.1, 0.15) is 5.75 Å². The number of benzene rings is 1. The van der Waals surface area contributed by atoms with Crippen molar-refractivity contribution in [3.05, 3.63) is 24.3 Å². The van der Waals surface area contributed by atoms with E-state index in [1.165, 1.54) is 24.9 Å². The average molecular weight is 348 g/mol. The molecule has 5 nitrogen and oxygen atoms in total. The molecule has 1 atom stereocenters. The lowest BCUT2D eigenvalue weighted by molar-refractivity contribution is -0.123. The van der Waals surface area contributed by atoms with Crippen LogP contribution in [0.2, 0.25) is 0 Å². The molecule has 1 aliphatic heterocycles. The first-order valence-corrected chi connectivity index (χ1v) is 9.53. The third kappa shape index (κ3) is 6.58. The molecule has 25 heavy (non-hydrogen) atoms. The number of carbonyl (C=O) groups is 1. The average Bonchev–Trinajstić information content (AvgIpc) is 2.62. The van der Waals surface area contributed by atoms with E-state index < -0.39 is 0 Å². The fourth-order valence-corrected chi connectivity index (χ4v) is 3.27. The zero-order chi connectivity index (χ0) is 18.1. The van der Waals surface area contributed by atoms with E-state index in [2.05, 4.69) is 41.1 Å². The Bertz CT molecular complexity index is 527. The molecule has 1 aromatic rings. The van der Waals surface area contributed by atoms with Crippen molar-refractivity contribution in [1.82, 2.24) is 10.2 Å². The summed E-state index contributed by atoms with van der Waals surface area (Å²) in [4.78, 5) is 16.8. The van der Waals surface area contributed by atoms with Gasteiger partial charge in [0.2, 0.25) is 5.91 Å². The van der Waals surface area contributed by atoms with Crippen LogP contribution < -0.4 is 15.0 Å². The van der Waals surface area contributed by atoms with E-state index in [1.54, 1.807) is 7.11 Å². The zero-order valence-electron chi connectivity index (χ0n) is 16.0. The van der Waals surface area contributed by atoms with E-state index in [4.69, 9.17) is 4.74 Å². The maximum Gasteiger partial charge on any atom is 0.234 e. The van der Waals surface area contributed by atoms with Crippen LogP contribution in [0.4, 0.5) is 5.69 Å². The summed E-state index contributed by atoms with van der Waals surface area (Å²) in [5, 5.41) is 3.13. The number of nitrogens with one attached hydrogen (secondary N) is 1. The highest BCUT2D eigenvalue weighted by atomic mass is 16.5. The van der Waals surface area contributed by atoms with Crippen LogP contribution in [0.25, 0.3) is 0 Å². The Morgan fingerprint density at radius 1 is 1.24 bits per heavy atom. The molecule has 0 aromatic heterocycles. The van der Waals surface area contributed by atoms with E-state index in [1.807, 2.05) is 12.1 Å². The van der Waals surface area contributed by atoms with Gasteiger partial charge in [-0.25, -0.2) is 0 Å². The van der Waals surface area contributed by atoms with Gasteiger partial charge in [0.05, 0.1) is 13.7 Å². The van der Waals surface area contributed by atoms with E-state index in [9.17, 15) is 4.79 Å². The molecule has 0 unspecified atom stereocenters. The highest BCUT2D eigenvalue weighted by Gasteiger charge is 2.20. The van der Waals surface area contributed by atoms with Crippen molar-refractivity contribution >= 4 is 11.6 Å². The number of rotatable bonds is 9. The molecule has 1 N–H and O–H groups in total. The van der Waals surface area contributed by atoms with Crippen molar-refractivity contribution in [1.29, 1.82) is 0 Å². The van der Waals surface area contributed by atoms with Gasteiger partial charge in [-0.15, -0.1) is 0 Å². The quantitative estimate of drug-likeness (QED) is 0.698. The maximum atomic E-state index is 12.2.